The Hall–Kier alpha value is -1.47. The second-order valence-electron chi connectivity index (χ2n) is 4.58. The number of nitrogens with zero attached hydrogens (tertiary/aromatic N) is 4. The Bertz CT molecular complexity index is 525. The molecule has 18 heavy (non-hydrogen) atoms. The first kappa shape index (κ1) is 11.6. The molecule has 96 valence electrons. The molecule has 1 fully saturated rings. The van der Waals surface area contributed by atoms with Crippen molar-refractivity contribution < 1.29 is 0 Å². The van der Waals surface area contributed by atoms with Gasteiger partial charge in [0.05, 0.1) is 16.1 Å². The number of thiazole rings is 1. The van der Waals surface area contributed by atoms with E-state index < -0.39 is 0 Å². The molecule has 0 amide bonds. The number of H-pyrrole nitrogens is 1. The summed E-state index contributed by atoms with van der Waals surface area (Å²) in [6.45, 7) is 3.84. The van der Waals surface area contributed by atoms with Gasteiger partial charge in [-0.2, -0.15) is 4.98 Å². The minimum absolute atomic E-state index is 0.323. The van der Waals surface area contributed by atoms with Crippen LogP contribution in [0.3, 0.4) is 0 Å². The van der Waals surface area contributed by atoms with Crippen LogP contribution in [0, 0.1) is 6.92 Å². The van der Waals surface area contributed by atoms with E-state index in [0.29, 0.717) is 6.04 Å². The summed E-state index contributed by atoms with van der Waals surface area (Å²) >= 11 is 1.58. The van der Waals surface area contributed by atoms with Crippen molar-refractivity contribution in [2.24, 2.45) is 5.73 Å². The van der Waals surface area contributed by atoms with Crippen molar-refractivity contribution in [3.8, 4) is 10.7 Å². The Kier molecular flexibility index (Phi) is 3.00. The van der Waals surface area contributed by atoms with Crippen LogP contribution < -0.4 is 10.6 Å². The maximum Gasteiger partial charge on any atom is 0.245 e. The molecule has 3 heterocycles. The Morgan fingerprint density at radius 3 is 2.89 bits per heavy atom. The van der Waals surface area contributed by atoms with Crippen LogP contribution in [-0.4, -0.2) is 39.3 Å². The highest BCUT2D eigenvalue weighted by atomic mass is 32.1. The quantitative estimate of drug-likeness (QED) is 0.850. The standard InChI is InChI=1S/C11H16N6S/c1-7-9(18-6-13-7)10-14-11(16-15-10)17-4-2-8(12)3-5-17/h6,8H,2-5,12H2,1H3,(H,14,15,16). The molecule has 0 bridgehead atoms. The highest BCUT2D eigenvalue weighted by molar-refractivity contribution is 7.13. The summed E-state index contributed by atoms with van der Waals surface area (Å²) in [6, 6.07) is 0.323. The van der Waals surface area contributed by atoms with Gasteiger partial charge in [0, 0.05) is 19.1 Å². The molecule has 1 saturated heterocycles. The molecular weight excluding hydrogens is 248 g/mol. The Labute approximate surface area is 109 Å². The van der Waals surface area contributed by atoms with Crippen molar-refractivity contribution >= 4 is 17.3 Å². The van der Waals surface area contributed by atoms with Crippen molar-refractivity contribution in [3.63, 3.8) is 0 Å². The molecule has 7 heteroatoms. The molecule has 1 aliphatic rings. The normalized spacial score (nSPS) is 17.3. The fraction of sp³-hybridized carbons (Fsp3) is 0.545. The zero-order chi connectivity index (χ0) is 12.5. The first-order valence-electron chi connectivity index (χ1n) is 6.07. The predicted octanol–water partition coefficient (Wildman–Crippen LogP) is 1.16. The summed E-state index contributed by atoms with van der Waals surface area (Å²) in [5.74, 6) is 1.57. The number of aromatic nitrogens is 4. The third-order valence-corrected chi connectivity index (χ3v) is 4.19. The topological polar surface area (TPSA) is 83.7 Å². The molecule has 0 aliphatic carbocycles. The number of rotatable bonds is 2. The monoisotopic (exact) mass is 264 g/mol. The fourth-order valence-electron chi connectivity index (χ4n) is 2.12. The lowest BCUT2D eigenvalue weighted by molar-refractivity contribution is 0.496. The Balaban J connectivity index is 1.80. The van der Waals surface area contributed by atoms with Gasteiger partial charge in [-0.3, -0.25) is 5.10 Å². The fourth-order valence-corrected chi connectivity index (χ4v) is 2.87. The van der Waals surface area contributed by atoms with Gasteiger partial charge < -0.3 is 10.6 Å². The van der Waals surface area contributed by atoms with E-state index in [-0.39, 0.29) is 0 Å². The van der Waals surface area contributed by atoms with Gasteiger partial charge in [-0.15, -0.1) is 16.4 Å². The summed E-state index contributed by atoms with van der Waals surface area (Å²) in [5, 5.41) is 7.28. The van der Waals surface area contributed by atoms with E-state index in [4.69, 9.17) is 5.73 Å². The van der Waals surface area contributed by atoms with Crippen LogP contribution in [0.2, 0.25) is 0 Å². The van der Waals surface area contributed by atoms with Crippen LogP contribution in [-0.2, 0) is 0 Å². The van der Waals surface area contributed by atoms with Gasteiger partial charge in [0.25, 0.3) is 0 Å². The smallest absolute Gasteiger partial charge is 0.245 e. The van der Waals surface area contributed by atoms with Crippen LogP contribution in [0.1, 0.15) is 18.5 Å². The molecule has 0 unspecified atom stereocenters. The summed E-state index contributed by atoms with van der Waals surface area (Å²) in [7, 11) is 0. The maximum atomic E-state index is 5.90. The molecule has 2 aromatic rings. The van der Waals surface area contributed by atoms with Gasteiger partial charge in [-0.25, -0.2) is 4.98 Å². The number of aromatic amines is 1. The van der Waals surface area contributed by atoms with E-state index in [2.05, 4.69) is 25.1 Å². The van der Waals surface area contributed by atoms with E-state index in [1.807, 2.05) is 12.4 Å². The minimum Gasteiger partial charge on any atom is -0.339 e. The van der Waals surface area contributed by atoms with Gasteiger partial charge in [-0.1, -0.05) is 0 Å². The summed E-state index contributed by atoms with van der Waals surface area (Å²) in [4.78, 5) is 12.0. The number of nitrogens with two attached hydrogens (primary N) is 1. The van der Waals surface area contributed by atoms with E-state index in [9.17, 15) is 0 Å². The molecule has 0 saturated carbocycles. The average molecular weight is 264 g/mol. The first-order chi connectivity index (χ1) is 8.74. The number of hydrogen-bond acceptors (Lipinski definition) is 6. The Morgan fingerprint density at radius 2 is 2.22 bits per heavy atom. The molecule has 0 spiro atoms. The highest BCUT2D eigenvalue weighted by Crippen LogP contribution is 2.25. The summed E-state index contributed by atoms with van der Waals surface area (Å²) in [6.07, 6.45) is 2.01. The summed E-state index contributed by atoms with van der Waals surface area (Å²) in [5.41, 5.74) is 8.71. The molecule has 0 atom stereocenters. The van der Waals surface area contributed by atoms with Gasteiger partial charge in [0.2, 0.25) is 5.95 Å². The van der Waals surface area contributed by atoms with E-state index in [0.717, 1.165) is 48.3 Å². The maximum absolute atomic E-state index is 5.90. The third-order valence-electron chi connectivity index (χ3n) is 3.26. The minimum atomic E-state index is 0.323. The highest BCUT2D eigenvalue weighted by Gasteiger charge is 2.20. The van der Waals surface area contributed by atoms with Crippen molar-refractivity contribution in [1.29, 1.82) is 0 Å². The number of nitrogens with one attached hydrogen (secondary N) is 1. The predicted molar refractivity (Wildman–Crippen MR) is 71.7 cm³/mol. The number of aryl methyl sites for hydroxylation is 1. The van der Waals surface area contributed by atoms with Crippen LogP contribution in [0.4, 0.5) is 5.95 Å². The Morgan fingerprint density at radius 1 is 1.44 bits per heavy atom. The molecule has 2 aromatic heterocycles. The lowest BCUT2D eigenvalue weighted by Gasteiger charge is -2.28. The van der Waals surface area contributed by atoms with Crippen molar-refractivity contribution in [2.75, 3.05) is 18.0 Å². The summed E-state index contributed by atoms with van der Waals surface area (Å²) < 4.78 is 0. The SMILES string of the molecule is Cc1ncsc1-c1nc(N2CCC(N)CC2)n[nH]1. The molecule has 6 nitrogen and oxygen atoms in total. The second-order valence-corrected chi connectivity index (χ2v) is 5.43. The largest absolute Gasteiger partial charge is 0.339 e. The van der Waals surface area contributed by atoms with Crippen molar-refractivity contribution in [3.05, 3.63) is 11.2 Å². The molecule has 1 aliphatic heterocycles. The van der Waals surface area contributed by atoms with Crippen LogP contribution >= 0.6 is 11.3 Å². The van der Waals surface area contributed by atoms with Crippen LogP contribution in [0.15, 0.2) is 5.51 Å². The van der Waals surface area contributed by atoms with Gasteiger partial charge >= 0.3 is 0 Å². The zero-order valence-electron chi connectivity index (χ0n) is 10.3. The van der Waals surface area contributed by atoms with Crippen molar-refractivity contribution in [2.45, 2.75) is 25.8 Å². The van der Waals surface area contributed by atoms with E-state index in [1.165, 1.54) is 0 Å². The molecule has 0 radical (unpaired) electrons. The van der Waals surface area contributed by atoms with Crippen LogP contribution in [0.5, 0.6) is 0 Å². The zero-order valence-corrected chi connectivity index (χ0v) is 11.1. The first-order valence-corrected chi connectivity index (χ1v) is 6.95. The van der Waals surface area contributed by atoms with Gasteiger partial charge in [0.1, 0.15) is 0 Å². The molecule has 3 N–H and O–H groups in total. The number of anilines is 1. The number of hydrogen-bond donors (Lipinski definition) is 2. The van der Waals surface area contributed by atoms with Gasteiger partial charge in [0.15, 0.2) is 5.82 Å². The second kappa shape index (κ2) is 4.66. The lowest BCUT2D eigenvalue weighted by Crippen LogP contribution is -2.40. The van der Waals surface area contributed by atoms with E-state index >= 15 is 0 Å². The van der Waals surface area contributed by atoms with Crippen molar-refractivity contribution in [1.82, 2.24) is 20.2 Å². The average Bonchev–Trinajstić information content (AvgIpc) is 2.98. The third kappa shape index (κ3) is 2.11. The number of piperidine rings is 1. The molecule has 3 rings (SSSR count). The molecular formula is C11H16N6S. The van der Waals surface area contributed by atoms with E-state index in [1.54, 1.807) is 11.3 Å². The van der Waals surface area contributed by atoms with Crippen LogP contribution in [0.25, 0.3) is 10.7 Å². The molecule has 0 aromatic carbocycles. The lowest BCUT2D eigenvalue weighted by atomic mass is 10.1. The van der Waals surface area contributed by atoms with Gasteiger partial charge in [-0.05, 0) is 19.8 Å².